The molecule has 0 aromatic heterocycles. The molecule has 0 aromatic rings. The molecule has 0 bridgehead atoms. The van der Waals surface area contributed by atoms with Crippen LogP contribution in [0.2, 0.25) is 0 Å². The summed E-state index contributed by atoms with van der Waals surface area (Å²) in [6, 6.07) is 0. The van der Waals surface area contributed by atoms with Crippen LogP contribution in [0.3, 0.4) is 0 Å². The Morgan fingerprint density at radius 2 is 1.10 bits per heavy atom. The zero-order valence-corrected chi connectivity index (χ0v) is 33.0. The van der Waals surface area contributed by atoms with E-state index in [2.05, 4.69) is 26.0 Å². The molecule has 0 saturated carbocycles. The van der Waals surface area contributed by atoms with Crippen LogP contribution in [0.1, 0.15) is 168 Å². The fraction of sp³-hybridized carbons (Fsp3) is 0.897. The van der Waals surface area contributed by atoms with Crippen LogP contribution >= 0.6 is 0 Å². The van der Waals surface area contributed by atoms with Crippen molar-refractivity contribution in [3.63, 3.8) is 0 Å². The molecule has 52 heavy (non-hydrogen) atoms. The summed E-state index contributed by atoms with van der Waals surface area (Å²) in [5.41, 5.74) is 0. The third-order valence-corrected chi connectivity index (χ3v) is 10.1. The molecule has 1 fully saturated rings. The fourth-order valence-electron chi connectivity index (χ4n) is 6.14. The van der Waals surface area contributed by atoms with E-state index in [1.165, 1.54) is 70.6 Å². The van der Waals surface area contributed by atoms with Gasteiger partial charge in [0.15, 0.2) is 12.4 Å². The first kappa shape index (κ1) is 48.4. The zero-order chi connectivity index (χ0) is 38.5. The minimum absolute atomic E-state index is 0.167. The van der Waals surface area contributed by atoms with Gasteiger partial charge in [-0.2, -0.15) is 8.42 Å². The minimum atomic E-state index is -4.59. The Morgan fingerprint density at radius 1 is 0.635 bits per heavy atom. The van der Waals surface area contributed by atoms with E-state index in [1.807, 2.05) is 0 Å². The highest BCUT2D eigenvalue weighted by Gasteiger charge is 2.46. The second kappa shape index (κ2) is 30.7. The minimum Gasteiger partial charge on any atom is -0.462 e. The van der Waals surface area contributed by atoms with E-state index in [9.17, 15) is 37.9 Å². The molecule has 4 N–H and O–H groups in total. The molecule has 1 rings (SSSR count). The standard InChI is InChI=1S/C39H72O12S/c1-3-5-7-9-11-13-15-17-19-21-23-25-27-34(40)48-29-32(30-49-39-38(44)37(43)36(42)33(51-39)31-52(45,46)47)50-35(41)28-26-24-22-20-18-16-14-12-10-8-6-4-2/h11,13,32-33,36-39,42-44H,3-10,12,14-31H2,1-2H3,(H,45,46,47)/b13-11+/t32-,33-,36-,37?,38?,39+/m1/s1. The Balaban J connectivity index is 2.51. The summed E-state index contributed by atoms with van der Waals surface area (Å²) in [7, 11) is -4.59. The third kappa shape index (κ3) is 25.4. The third-order valence-electron chi connectivity index (χ3n) is 9.35. The molecule has 13 heteroatoms. The predicted octanol–water partition coefficient (Wildman–Crippen LogP) is 7.11. The number of allylic oxidation sites excluding steroid dienone is 2. The number of unbranched alkanes of at least 4 members (excludes halogenated alkanes) is 19. The number of carbonyl (C=O) groups is 2. The van der Waals surface area contributed by atoms with Gasteiger partial charge in [-0.1, -0.05) is 129 Å². The molecule has 306 valence electrons. The number of carbonyl (C=O) groups excluding carboxylic acids is 2. The molecule has 0 aromatic carbocycles. The molecule has 1 aliphatic rings. The normalized spacial score (nSPS) is 21.4. The van der Waals surface area contributed by atoms with Crippen molar-refractivity contribution in [1.82, 2.24) is 0 Å². The van der Waals surface area contributed by atoms with E-state index in [1.54, 1.807) is 0 Å². The second-order valence-electron chi connectivity index (χ2n) is 14.3. The molecule has 12 nitrogen and oxygen atoms in total. The average molecular weight is 765 g/mol. The number of ether oxygens (including phenoxy) is 4. The van der Waals surface area contributed by atoms with Crippen molar-refractivity contribution in [3.8, 4) is 0 Å². The van der Waals surface area contributed by atoms with E-state index in [4.69, 9.17) is 18.9 Å². The number of hydrogen-bond donors (Lipinski definition) is 4. The van der Waals surface area contributed by atoms with E-state index < -0.39 is 71.2 Å². The van der Waals surface area contributed by atoms with Gasteiger partial charge in [-0.05, 0) is 38.5 Å². The highest BCUT2D eigenvalue weighted by atomic mass is 32.2. The lowest BCUT2D eigenvalue weighted by atomic mass is 10.00. The van der Waals surface area contributed by atoms with Gasteiger partial charge < -0.3 is 34.3 Å². The lowest BCUT2D eigenvalue weighted by Gasteiger charge is -2.40. The first-order valence-electron chi connectivity index (χ1n) is 20.2. The van der Waals surface area contributed by atoms with E-state index >= 15 is 0 Å². The van der Waals surface area contributed by atoms with Gasteiger partial charge in [-0.3, -0.25) is 14.1 Å². The van der Waals surface area contributed by atoms with Crippen LogP contribution in [-0.4, -0.2) is 96.0 Å². The SMILES string of the molecule is CCCCC/C=C/CCCCCCCC(=O)OC[C@H](CO[C@H]1O[C@H](CS(=O)(=O)O)[C@@H](O)C(O)C1O)OC(=O)CCCCCCCCCCCCCC. The van der Waals surface area contributed by atoms with Crippen molar-refractivity contribution in [2.24, 2.45) is 0 Å². The van der Waals surface area contributed by atoms with Gasteiger partial charge in [0.1, 0.15) is 36.8 Å². The Kier molecular flexibility index (Phi) is 28.6. The number of rotatable bonds is 33. The van der Waals surface area contributed by atoms with Crippen LogP contribution in [-0.2, 0) is 38.7 Å². The van der Waals surface area contributed by atoms with Crippen molar-refractivity contribution in [3.05, 3.63) is 12.2 Å². The van der Waals surface area contributed by atoms with Crippen LogP contribution in [0.25, 0.3) is 0 Å². The van der Waals surface area contributed by atoms with Crippen LogP contribution in [0.4, 0.5) is 0 Å². The summed E-state index contributed by atoms with van der Waals surface area (Å²) < 4.78 is 53.8. The van der Waals surface area contributed by atoms with Gasteiger partial charge in [0.05, 0.1) is 6.61 Å². The maximum atomic E-state index is 12.7. The van der Waals surface area contributed by atoms with Gasteiger partial charge >= 0.3 is 11.9 Å². The van der Waals surface area contributed by atoms with Gasteiger partial charge in [0.25, 0.3) is 10.1 Å². The Labute approximate surface area is 314 Å². The molecule has 0 aliphatic carbocycles. The Bertz CT molecular complexity index is 1040. The smallest absolute Gasteiger partial charge is 0.306 e. The van der Waals surface area contributed by atoms with Crippen molar-refractivity contribution < 1.29 is 56.8 Å². The summed E-state index contributed by atoms with van der Waals surface area (Å²) >= 11 is 0. The Morgan fingerprint density at radius 3 is 1.63 bits per heavy atom. The fourth-order valence-corrected chi connectivity index (χ4v) is 6.83. The first-order chi connectivity index (χ1) is 25.0. The summed E-state index contributed by atoms with van der Waals surface area (Å²) in [6.07, 6.45) is 19.8. The molecule has 1 saturated heterocycles. The first-order valence-corrected chi connectivity index (χ1v) is 21.9. The van der Waals surface area contributed by atoms with Gasteiger partial charge in [0, 0.05) is 12.8 Å². The second-order valence-corrected chi connectivity index (χ2v) is 15.8. The molecular weight excluding hydrogens is 692 g/mol. The zero-order valence-electron chi connectivity index (χ0n) is 32.2. The predicted molar refractivity (Wildman–Crippen MR) is 201 cm³/mol. The van der Waals surface area contributed by atoms with Crippen molar-refractivity contribution >= 4 is 22.1 Å². The number of hydrogen-bond acceptors (Lipinski definition) is 11. The maximum absolute atomic E-state index is 12.7. The topological polar surface area (TPSA) is 186 Å². The van der Waals surface area contributed by atoms with Gasteiger partial charge in [-0.15, -0.1) is 0 Å². The maximum Gasteiger partial charge on any atom is 0.306 e. The van der Waals surface area contributed by atoms with E-state index in [-0.39, 0.29) is 19.4 Å². The number of aliphatic hydroxyl groups is 3. The highest BCUT2D eigenvalue weighted by molar-refractivity contribution is 7.85. The average Bonchev–Trinajstić information content (AvgIpc) is 3.10. The molecule has 0 spiro atoms. The van der Waals surface area contributed by atoms with Crippen LogP contribution < -0.4 is 0 Å². The van der Waals surface area contributed by atoms with Crippen molar-refractivity contribution in [1.29, 1.82) is 0 Å². The molecule has 6 atom stereocenters. The van der Waals surface area contributed by atoms with Gasteiger partial charge in [0.2, 0.25) is 0 Å². The summed E-state index contributed by atoms with van der Waals surface area (Å²) in [6.45, 7) is 3.70. The summed E-state index contributed by atoms with van der Waals surface area (Å²) in [4.78, 5) is 25.2. The summed E-state index contributed by atoms with van der Waals surface area (Å²) in [5, 5.41) is 30.7. The van der Waals surface area contributed by atoms with Gasteiger partial charge in [-0.25, -0.2) is 0 Å². The van der Waals surface area contributed by atoms with Crippen LogP contribution in [0, 0.1) is 0 Å². The van der Waals surface area contributed by atoms with E-state index in [0.717, 1.165) is 57.8 Å². The number of aliphatic hydroxyl groups excluding tert-OH is 3. The van der Waals surface area contributed by atoms with Crippen molar-refractivity contribution in [2.75, 3.05) is 19.0 Å². The van der Waals surface area contributed by atoms with Crippen LogP contribution in [0.15, 0.2) is 12.2 Å². The molecular formula is C39H72O12S. The monoisotopic (exact) mass is 764 g/mol. The lowest BCUT2D eigenvalue weighted by molar-refractivity contribution is -0.297. The highest BCUT2D eigenvalue weighted by Crippen LogP contribution is 2.24. The lowest BCUT2D eigenvalue weighted by Crippen LogP contribution is -2.60. The van der Waals surface area contributed by atoms with E-state index in [0.29, 0.717) is 12.8 Å². The summed E-state index contributed by atoms with van der Waals surface area (Å²) in [5.74, 6) is -1.99. The molecule has 0 amide bonds. The molecule has 1 heterocycles. The quantitative estimate of drug-likeness (QED) is 0.0230. The Hall–Kier alpha value is -1.61. The largest absolute Gasteiger partial charge is 0.462 e. The molecule has 2 unspecified atom stereocenters. The van der Waals surface area contributed by atoms with Crippen LogP contribution in [0.5, 0.6) is 0 Å². The molecule has 1 aliphatic heterocycles. The molecule has 0 radical (unpaired) electrons. The number of esters is 2. The van der Waals surface area contributed by atoms with Crippen molar-refractivity contribution in [2.45, 2.75) is 205 Å².